The van der Waals surface area contributed by atoms with Crippen molar-refractivity contribution in [3.8, 4) is 22.6 Å². The fourth-order valence-electron chi connectivity index (χ4n) is 3.86. The molecule has 2 aromatic carbocycles. The second-order valence-electron chi connectivity index (χ2n) is 7.58. The number of carbonyl (C=O) groups excluding carboxylic acids is 2. The molecule has 160 valence electrons. The van der Waals surface area contributed by atoms with Crippen molar-refractivity contribution in [3.05, 3.63) is 48.0 Å². The van der Waals surface area contributed by atoms with E-state index in [-0.39, 0.29) is 23.3 Å². The lowest BCUT2D eigenvalue weighted by molar-refractivity contribution is -0.135. The Kier molecular flexibility index (Phi) is 7.55. The van der Waals surface area contributed by atoms with E-state index >= 15 is 0 Å². The van der Waals surface area contributed by atoms with Crippen molar-refractivity contribution in [2.75, 3.05) is 0 Å². The number of esters is 1. The number of ether oxygens (including phenoxy) is 2. The van der Waals surface area contributed by atoms with E-state index in [2.05, 4.69) is 4.74 Å². The Hall–Kier alpha value is -2.76. The highest BCUT2D eigenvalue weighted by Gasteiger charge is 2.20. The summed E-state index contributed by atoms with van der Waals surface area (Å²) in [4.78, 5) is 24.4. The van der Waals surface area contributed by atoms with Gasteiger partial charge in [0.25, 0.3) is 0 Å². The van der Waals surface area contributed by atoms with Gasteiger partial charge < -0.3 is 9.47 Å². The van der Waals surface area contributed by atoms with E-state index in [1.54, 1.807) is 31.2 Å². The van der Waals surface area contributed by atoms with Crippen LogP contribution in [0.15, 0.2) is 42.5 Å². The van der Waals surface area contributed by atoms with Gasteiger partial charge >= 0.3 is 12.6 Å². The van der Waals surface area contributed by atoms with Crippen molar-refractivity contribution in [2.45, 2.75) is 58.5 Å². The molecule has 0 aromatic heterocycles. The highest BCUT2D eigenvalue weighted by Crippen LogP contribution is 2.35. The van der Waals surface area contributed by atoms with Gasteiger partial charge in [0.05, 0.1) is 0 Å². The maximum absolute atomic E-state index is 12.9. The Labute approximate surface area is 175 Å². The van der Waals surface area contributed by atoms with Crippen molar-refractivity contribution in [3.63, 3.8) is 0 Å². The lowest BCUT2D eigenvalue weighted by Crippen LogP contribution is -2.16. The topological polar surface area (TPSA) is 52.6 Å². The minimum absolute atomic E-state index is 0.0434. The van der Waals surface area contributed by atoms with Crippen LogP contribution in [0.1, 0.15) is 62.2 Å². The molecule has 30 heavy (non-hydrogen) atoms. The molecule has 6 heteroatoms. The van der Waals surface area contributed by atoms with Gasteiger partial charge in [-0.15, -0.1) is 0 Å². The predicted molar refractivity (Wildman–Crippen MR) is 110 cm³/mol. The molecule has 0 spiro atoms. The highest BCUT2D eigenvalue weighted by atomic mass is 19.3. The molecule has 2 aromatic rings. The molecule has 0 bridgehead atoms. The third-order valence-corrected chi connectivity index (χ3v) is 5.40. The van der Waals surface area contributed by atoms with Crippen molar-refractivity contribution >= 4 is 11.8 Å². The first-order chi connectivity index (χ1) is 14.5. The van der Waals surface area contributed by atoms with Crippen LogP contribution in [0.2, 0.25) is 0 Å². The molecule has 0 amide bonds. The second kappa shape index (κ2) is 10.3. The average molecular weight is 416 g/mol. The number of ketones is 1. The number of carbonyl (C=O) groups is 2. The number of hydrogen-bond donors (Lipinski definition) is 0. The van der Waals surface area contributed by atoms with Gasteiger partial charge in [0.2, 0.25) is 0 Å². The van der Waals surface area contributed by atoms with Crippen LogP contribution in [-0.4, -0.2) is 18.4 Å². The molecule has 0 heterocycles. The molecular weight excluding hydrogens is 390 g/mol. The summed E-state index contributed by atoms with van der Waals surface area (Å²) in [6.45, 7) is -1.24. The first-order valence-corrected chi connectivity index (χ1v) is 10.4. The molecule has 4 nitrogen and oxygen atoms in total. The largest absolute Gasteiger partial charge is 0.434 e. The lowest BCUT2D eigenvalue weighted by Gasteiger charge is -2.20. The second-order valence-corrected chi connectivity index (χ2v) is 7.58. The fourth-order valence-corrected chi connectivity index (χ4v) is 3.86. The van der Waals surface area contributed by atoms with Crippen molar-refractivity contribution in [1.29, 1.82) is 0 Å². The average Bonchev–Trinajstić information content (AvgIpc) is 2.74. The number of halogens is 2. The lowest BCUT2D eigenvalue weighted by atomic mass is 9.87. The van der Waals surface area contributed by atoms with E-state index in [4.69, 9.17) is 4.74 Å². The third kappa shape index (κ3) is 5.88. The van der Waals surface area contributed by atoms with Gasteiger partial charge in [0, 0.05) is 24.0 Å². The molecular formula is C24H26F2O4. The third-order valence-electron chi connectivity index (χ3n) is 5.40. The molecule has 1 aliphatic carbocycles. The maximum Gasteiger partial charge on any atom is 0.387 e. The molecule has 3 rings (SSSR count). The summed E-state index contributed by atoms with van der Waals surface area (Å²) >= 11 is 0. The molecule has 0 atom stereocenters. The maximum atomic E-state index is 12.9. The van der Waals surface area contributed by atoms with Crippen LogP contribution in [-0.2, 0) is 4.79 Å². The van der Waals surface area contributed by atoms with Gasteiger partial charge in [0.15, 0.2) is 5.78 Å². The van der Waals surface area contributed by atoms with Crippen LogP contribution >= 0.6 is 0 Å². The highest BCUT2D eigenvalue weighted by molar-refractivity contribution is 5.97. The van der Waals surface area contributed by atoms with Gasteiger partial charge in [-0.3, -0.25) is 9.59 Å². The van der Waals surface area contributed by atoms with Crippen LogP contribution in [0, 0.1) is 5.92 Å². The van der Waals surface area contributed by atoms with E-state index in [1.165, 1.54) is 24.6 Å². The van der Waals surface area contributed by atoms with Crippen molar-refractivity contribution < 1.29 is 27.8 Å². The predicted octanol–water partition coefficient (Wildman–Crippen LogP) is 6.42. The Bertz CT molecular complexity index is 889. The zero-order valence-electron chi connectivity index (χ0n) is 17.0. The summed E-state index contributed by atoms with van der Waals surface area (Å²) in [5, 5.41) is 0. The first-order valence-electron chi connectivity index (χ1n) is 10.4. The number of alkyl halides is 2. The van der Waals surface area contributed by atoms with Crippen molar-refractivity contribution in [1.82, 2.24) is 0 Å². The van der Waals surface area contributed by atoms with E-state index in [1.807, 2.05) is 0 Å². The van der Waals surface area contributed by atoms with E-state index in [0.717, 1.165) is 25.7 Å². The Morgan fingerprint density at radius 1 is 1.07 bits per heavy atom. The quantitative estimate of drug-likeness (QED) is 0.283. The molecule has 0 saturated heterocycles. The van der Waals surface area contributed by atoms with E-state index in [0.29, 0.717) is 35.4 Å². The van der Waals surface area contributed by atoms with E-state index < -0.39 is 6.61 Å². The van der Waals surface area contributed by atoms with Crippen LogP contribution in [0.5, 0.6) is 11.5 Å². The minimum atomic E-state index is -3.00. The van der Waals surface area contributed by atoms with Crippen LogP contribution in [0.3, 0.4) is 0 Å². The van der Waals surface area contributed by atoms with Crippen LogP contribution in [0.25, 0.3) is 11.1 Å². The number of rotatable bonds is 8. The number of Topliss-reactive ketones (excluding diaryl/α,β-unsaturated/α-hetero) is 1. The van der Waals surface area contributed by atoms with E-state index in [9.17, 15) is 18.4 Å². The summed E-state index contributed by atoms with van der Waals surface area (Å²) in [5.41, 5.74) is 1.36. The SMILES string of the molecule is CCC(=O)c1cccc(-c2cc(OC(=O)CC3CCCCC3)ccc2OC(F)F)c1. The number of hydrogen-bond acceptors (Lipinski definition) is 4. The summed E-state index contributed by atoms with van der Waals surface area (Å²) in [5.74, 6) is 0.176. The molecule has 0 radical (unpaired) electrons. The Balaban J connectivity index is 1.85. The molecule has 0 N–H and O–H groups in total. The van der Waals surface area contributed by atoms with Gasteiger partial charge in [0.1, 0.15) is 11.5 Å². The number of benzene rings is 2. The van der Waals surface area contributed by atoms with Crippen molar-refractivity contribution in [2.24, 2.45) is 5.92 Å². The summed E-state index contributed by atoms with van der Waals surface area (Å²) in [7, 11) is 0. The molecule has 1 fully saturated rings. The van der Waals surface area contributed by atoms with Gasteiger partial charge in [-0.1, -0.05) is 44.4 Å². The minimum Gasteiger partial charge on any atom is -0.434 e. The van der Waals surface area contributed by atoms with Crippen LogP contribution in [0.4, 0.5) is 8.78 Å². The molecule has 1 saturated carbocycles. The monoisotopic (exact) mass is 416 g/mol. The molecule has 0 unspecified atom stereocenters. The molecule has 1 aliphatic rings. The fraction of sp³-hybridized carbons (Fsp3) is 0.417. The zero-order chi connectivity index (χ0) is 21.5. The van der Waals surface area contributed by atoms with Gasteiger partial charge in [-0.25, -0.2) is 0 Å². The summed E-state index contributed by atoms with van der Waals surface area (Å²) < 4.78 is 35.9. The zero-order valence-corrected chi connectivity index (χ0v) is 17.0. The molecule has 0 aliphatic heterocycles. The first kappa shape index (κ1) is 21.9. The normalized spacial score (nSPS) is 14.5. The van der Waals surface area contributed by atoms with Crippen LogP contribution < -0.4 is 9.47 Å². The smallest absolute Gasteiger partial charge is 0.387 e. The van der Waals surface area contributed by atoms with Gasteiger partial charge in [-0.05, 0) is 48.6 Å². The Morgan fingerprint density at radius 3 is 2.53 bits per heavy atom. The summed E-state index contributed by atoms with van der Waals surface area (Å²) in [6, 6.07) is 11.0. The van der Waals surface area contributed by atoms with Gasteiger partial charge in [-0.2, -0.15) is 8.78 Å². The summed E-state index contributed by atoms with van der Waals surface area (Å²) in [6.07, 6.45) is 6.22. The standard InChI is InChI=1S/C24H26F2O4/c1-2-21(27)18-10-6-9-17(14-18)20-15-19(11-12-22(20)30-24(25)26)29-23(28)13-16-7-4-3-5-8-16/h6,9-12,14-16,24H,2-5,7-8,13H2,1H3. The Morgan fingerprint density at radius 2 is 1.83 bits per heavy atom.